The molecule has 1 fully saturated rings. The van der Waals surface area contributed by atoms with Crippen LogP contribution in [0.15, 0.2) is 72.8 Å². The first-order chi connectivity index (χ1) is 15.3. The Morgan fingerprint density at radius 2 is 1.42 bits per heavy atom. The fourth-order valence-corrected chi connectivity index (χ4v) is 4.54. The number of carbonyl (C=O) groups is 1. The van der Waals surface area contributed by atoms with Crippen molar-refractivity contribution in [1.29, 1.82) is 0 Å². The Balaban J connectivity index is 1.42. The predicted molar refractivity (Wildman–Crippen MR) is 125 cm³/mol. The Hall–Kier alpha value is -2.95. The van der Waals surface area contributed by atoms with Crippen LogP contribution in [0.3, 0.4) is 0 Å². The summed E-state index contributed by atoms with van der Waals surface area (Å²) in [4.78, 5) is 17.2. The van der Waals surface area contributed by atoms with Gasteiger partial charge in [0.25, 0.3) is 0 Å². The van der Waals surface area contributed by atoms with E-state index < -0.39 is 0 Å². The van der Waals surface area contributed by atoms with Crippen molar-refractivity contribution in [3.63, 3.8) is 0 Å². The summed E-state index contributed by atoms with van der Waals surface area (Å²) in [6.45, 7) is 5.09. The van der Waals surface area contributed by atoms with Gasteiger partial charge in [-0.05, 0) is 46.4 Å². The van der Waals surface area contributed by atoms with Crippen LogP contribution in [0.5, 0.6) is 0 Å². The van der Waals surface area contributed by atoms with E-state index in [9.17, 15) is 4.79 Å². The number of nitrogens with zero attached hydrogens (tertiary/aromatic N) is 2. The Bertz CT molecular complexity index is 1060. The minimum Gasteiger partial charge on any atom is -0.379 e. The SMILES string of the molecule is O=C1CCc2ccc(-c3cccc(-c4ccccc4)c3)cc2N1CCN1CCOCC1. The molecule has 0 spiro atoms. The summed E-state index contributed by atoms with van der Waals surface area (Å²) in [6, 6.07) is 25.7. The molecule has 0 N–H and O–H groups in total. The maximum absolute atomic E-state index is 12.8. The van der Waals surface area contributed by atoms with Gasteiger partial charge in [0.2, 0.25) is 5.91 Å². The molecule has 31 heavy (non-hydrogen) atoms. The lowest BCUT2D eigenvalue weighted by Crippen LogP contribution is -2.44. The zero-order valence-electron chi connectivity index (χ0n) is 17.8. The van der Waals surface area contributed by atoms with E-state index in [0.717, 1.165) is 57.1 Å². The average Bonchev–Trinajstić information content (AvgIpc) is 2.84. The number of aryl methyl sites for hydroxylation is 1. The van der Waals surface area contributed by atoms with Gasteiger partial charge in [0.15, 0.2) is 0 Å². The Morgan fingerprint density at radius 1 is 0.710 bits per heavy atom. The van der Waals surface area contributed by atoms with E-state index in [1.807, 2.05) is 11.0 Å². The topological polar surface area (TPSA) is 32.8 Å². The zero-order valence-corrected chi connectivity index (χ0v) is 17.8. The summed E-state index contributed by atoms with van der Waals surface area (Å²) < 4.78 is 5.45. The van der Waals surface area contributed by atoms with Crippen LogP contribution in [0.1, 0.15) is 12.0 Å². The normalized spacial score (nSPS) is 16.9. The van der Waals surface area contributed by atoms with Gasteiger partial charge in [-0.15, -0.1) is 0 Å². The monoisotopic (exact) mass is 412 g/mol. The van der Waals surface area contributed by atoms with Crippen LogP contribution in [0, 0.1) is 0 Å². The van der Waals surface area contributed by atoms with E-state index in [1.54, 1.807) is 0 Å². The molecule has 2 aliphatic heterocycles. The highest BCUT2D eigenvalue weighted by atomic mass is 16.5. The molecule has 0 saturated carbocycles. The molecule has 1 amide bonds. The summed E-state index contributed by atoms with van der Waals surface area (Å²) in [7, 11) is 0. The summed E-state index contributed by atoms with van der Waals surface area (Å²) in [6.07, 6.45) is 1.42. The van der Waals surface area contributed by atoms with E-state index in [4.69, 9.17) is 4.74 Å². The number of ether oxygens (including phenoxy) is 1. The molecule has 5 rings (SSSR count). The Labute approximate surface area is 184 Å². The number of hydrogen-bond acceptors (Lipinski definition) is 3. The van der Waals surface area contributed by atoms with Gasteiger partial charge in [-0.3, -0.25) is 9.69 Å². The van der Waals surface area contributed by atoms with Crippen LogP contribution < -0.4 is 4.90 Å². The number of rotatable bonds is 5. The van der Waals surface area contributed by atoms with Crippen LogP contribution in [0.2, 0.25) is 0 Å². The Kier molecular flexibility index (Phi) is 5.83. The maximum atomic E-state index is 12.8. The fourth-order valence-electron chi connectivity index (χ4n) is 4.54. The average molecular weight is 413 g/mol. The van der Waals surface area contributed by atoms with Crippen molar-refractivity contribution in [2.75, 3.05) is 44.3 Å². The van der Waals surface area contributed by atoms with Crippen molar-refractivity contribution < 1.29 is 9.53 Å². The van der Waals surface area contributed by atoms with Crippen LogP contribution in [-0.4, -0.2) is 50.2 Å². The van der Waals surface area contributed by atoms with Crippen molar-refractivity contribution in [3.8, 4) is 22.3 Å². The number of benzene rings is 3. The van der Waals surface area contributed by atoms with Crippen molar-refractivity contribution in [2.24, 2.45) is 0 Å². The predicted octanol–water partition coefficient (Wildman–Crippen LogP) is 4.63. The second-order valence-corrected chi connectivity index (χ2v) is 8.29. The van der Waals surface area contributed by atoms with Gasteiger partial charge in [0.1, 0.15) is 0 Å². The molecule has 3 aromatic rings. The van der Waals surface area contributed by atoms with Gasteiger partial charge in [-0.2, -0.15) is 0 Å². The molecule has 0 aromatic heterocycles. The molecule has 0 unspecified atom stereocenters. The number of morpholine rings is 1. The molecule has 4 nitrogen and oxygen atoms in total. The van der Waals surface area contributed by atoms with Crippen LogP contribution in [0.25, 0.3) is 22.3 Å². The number of carbonyl (C=O) groups excluding carboxylic acids is 1. The second kappa shape index (κ2) is 9.04. The molecule has 158 valence electrons. The molecule has 4 heteroatoms. The lowest BCUT2D eigenvalue weighted by atomic mass is 9.94. The van der Waals surface area contributed by atoms with Crippen molar-refractivity contribution >= 4 is 11.6 Å². The fraction of sp³-hybridized carbons (Fsp3) is 0.296. The number of hydrogen-bond donors (Lipinski definition) is 0. The van der Waals surface area contributed by atoms with Gasteiger partial charge in [-0.1, -0.05) is 60.7 Å². The number of fused-ring (bicyclic) bond motifs is 1. The molecular weight excluding hydrogens is 384 g/mol. The van der Waals surface area contributed by atoms with Crippen molar-refractivity contribution in [3.05, 3.63) is 78.4 Å². The third kappa shape index (κ3) is 4.41. The highest BCUT2D eigenvalue weighted by Gasteiger charge is 2.25. The molecular formula is C27H28N2O2. The molecule has 0 atom stereocenters. The highest BCUT2D eigenvalue weighted by Crippen LogP contribution is 2.34. The van der Waals surface area contributed by atoms with Gasteiger partial charge in [0, 0.05) is 38.3 Å². The Morgan fingerprint density at radius 3 is 2.23 bits per heavy atom. The van der Waals surface area contributed by atoms with Crippen molar-refractivity contribution in [2.45, 2.75) is 12.8 Å². The van der Waals surface area contributed by atoms with Gasteiger partial charge in [0.05, 0.1) is 13.2 Å². The second-order valence-electron chi connectivity index (χ2n) is 8.29. The lowest BCUT2D eigenvalue weighted by molar-refractivity contribution is -0.119. The third-order valence-electron chi connectivity index (χ3n) is 6.33. The molecule has 0 radical (unpaired) electrons. The van der Waals surface area contributed by atoms with Crippen LogP contribution >= 0.6 is 0 Å². The van der Waals surface area contributed by atoms with Gasteiger partial charge >= 0.3 is 0 Å². The summed E-state index contributed by atoms with van der Waals surface area (Å²) >= 11 is 0. The largest absolute Gasteiger partial charge is 0.379 e. The summed E-state index contributed by atoms with van der Waals surface area (Å²) in [5.41, 5.74) is 7.09. The first-order valence-electron chi connectivity index (χ1n) is 11.2. The minimum atomic E-state index is 0.232. The lowest BCUT2D eigenvalue weighted by Gasteiger charge is -2.33. The van der Waals surface area contributed by atoms with Crippen molar-refractivity contribution in [1.82, 2.24) is 4.90 Å². The molecule has 1 saturated heterocycles. The van der Waals surface area contributed by atoms with Crippen LogP contribution in [-0.2, 0) is 16.0 Å². The standard InChI is InChI=1S/C27H28N2O2/c30-27-12-11-22-9-10-25(20-26(22)29(27)14-13-28-15-17-31-18-16-28)24-8-4-7-23(19-24)21-5-2-1-3-6-21/h1-10,19-20H,11-18H2. The maximum Gasteiger partial charge on any atom is 0.227 e. The smallest absolute Gasteiger partial charge is 0.227 e. The van der Waals surface area contributed by atoms with Gasteiger partial charge < -0.3 is 9.64 Å². The van der Waals surface area contributed by atoms with E-state index in [2.05, 4.69) is 71.6 Å². The van der Waals surface area contributed by atoms with Crippen LogP contribution in [0.4, 0.5) is 5.69 Å². The first kappa shape index (κ1) is 20.0. The van der Waals surface area contributed by atoms with E-state index in [0.29, 0.717) is 6.42 Å². The molecule has 3 aromatic carbocycles. The highest BCUT2D eigenvalue weighted by molar-refractivity contribution is 5.97. The zero-order chi connectivity index (χ0) is 21.0. The quantitative estimate of drug-likeness (QED) is 0.612. The molecule has 0 bridgehead atoms. The molecule has 0 aliphatic carbocycles. The summed E-state index contributed by atoms with van der Waals surface area (Å²) in [5.74, 6) is 0.232. The number of anilines is 1. The summed E-state index contributed by atoms with van der Waals surface area (Å²) in [5, 5.41) is 0. The third-order valence-corrected chi connectivity index (χ3v) is 6.33. The molecule has 2 heterocycles. The first-order valence-corrected chi connectivity index (χ1v) is 11.2. The minimum absolute atomic E-state index is 0.232. The van der Waals surface area contributed by atoms with E-state index in [-0.39, 0.29) is 5.91 Å². The number of amides is 1. The van der Waals surface area contributed by atoms with E-state index >= 15 is 0 Å². The molecule has 2 aliphatic rings. The van der Waals surface area contributed by atoms with E-state index in [1.165, 1.54) is 22.3 Å². The van der Waals surface area contributed by atoms with Gasteiger partial charge in [-0.25, -0.2) is 0 Å².